The monoisotopic (exact) mass is 303 g/mol. The Bertz CT molecular complexity index is 359. The minimum absolute atomic E-state index is 0.0587. The molecule has 17 heavy (non-hydrogen) atoms. The molecule has 0 aliphatic heterocycles. The highest BCUT2D eigenvalue weighted by molar-refractivity contribution is 9.10. The predicted octanol–water partition coefficient (Wildman–Crippen LogP) is 3.14. The number of likely N-dealkylation sites (N-methyl/N-ethyl adjacent to an activating group) is 1. The van der Waals surface area contributed by atoms with Gasteiger partial charge in [0.15, 0.2) is 0 Å². The molecule has 0 aliphatic rings. The molecule has 0 fully saturated rings. The molecule has 0 bridgehead atoms. The van der Waals surface area contributed by atoms with E-state index in [1.807, 2.05) is 27.0 Å². The Balaban J connectivity index is 2.76. The van der Waals surface area contributed by atoms with Crippen LogP contribution in [0.5, 0.6) is 0 Å². The largest absolute Gasteiger partial charge is 0.377 e. The maximum absolute atomic E-state index is 13.6. The van der Waals surface area contributed by atoms with Crippen LogP contribution in [0.3, 0.4) is 0 Å². The molecule has 4 heteroatoms. The minimum atomic E-state index is -0.169. The van der Waals surface area contributed by atoms with Gasteiger partial charge in [0.05, 0.1) is 6.10 Å². The van der Waals surface area contributed by atoms with Crippen molar-refractivity contribution >= 4 is 15.9 Å². The quantitative estimate of drug-likeness (QED) is 0.872. The second kappa shape index (κ2) is 7.09. The lowest BCUT2D eigenvalue weighted by Crippen LogP contribution is -2.39. The van der Waals surface area contributed by atoms with Gasteiger partial charge in [-0.15, -0.1) is 0 Å². The van der Waals surface area contributed by atoms with Crippen molar-refractivity contribution in [2.24, 2.45) is 0 Å². The first kappa shape index (κ1) is 14.6. The summed E-state index contributed by atoms with van der Waals surface area (Å²) in [6.45, 7) is 4.63. The number of nitrogens with one attached hydrogen (secondary N) is 1. The van der Waals surface area contributed by atoms with Crippen molar-refractivity contribution in [1.29, 1.82) is 0 Å². The molecule has 96 valence electrons. The van der Waals surface area contributed by atoms with Gasteiger partial charge in [-0.25, -0.2) is 4.39 Å². The van der Waals surface area contributed by atoms with Gasteiger partial charge in [0.25, 0.3) is 0 Å². The van der Waals surface area contributed by atoms with E-state index in [1.54, 1.807) is 6.07 Å². The maximum atomic E-state index is 13.6. The van der Waals surface area contributed by atoms with Gasteiger partial charge >= 0.3 is 0 Å². The van der Waals surface area contributed by atoms with E-state index in [0.29, 0.717) is 18.6 Å². The van der Waals surface area contributed by atoms with Crippen molar-refractivity contribution in [3.8, 4) is 0 Å². The van der Waals surface area contributed by atoms with Crippen LogP contribution in [-0.4, -0.2) is 25.8 Å². The zero-order valence-corrected chi connectivity index (χ0v) is 12.1. The van der Waals surface area contributed by atoms with E-state index in [4.69, 9.17) is 4.74 Å². The van der Waals surface area contributed by atoms with Crippen LogP contribution in [0.2, 0.25) is 0 Å². The van der Waals surface area contributed by atoms with Crippen molar-refractivity contribution in [2.75, 3.05) is 13.7 Å². The third-order valence-corrected chi connectivity index (χ3v) is 3.31. The third kappa shape index (κ3) is 4.37. The predicted molar refractivity (Wildman–Crippen MR) is 71.7 cm³/mol. The van der Waals surface area contributed by atoms with Crippen LogP contribution in [0.15, 0.2) is 22.7 Å². The fraction of sp³-hybridized carbons (Fsp3) is 0.538. The van der Waals surface area contributed by atoms with Crippen molar-refractivity contribution in [2.45, 2.75) is 32.4 Å². The molecule has 0 heterocycles. The summed E-state index contributed by atoms with van der Waals surface area (Å²) in [6.07, 6.45) is 0.673. The number of ether oxygens (including phenoxy) is 1. The van der Waals surface area contributed by atoms with Gasteiger partial charge in [-0.05, 0) is 51.1 Å². The van der Waals surface area contributed by atoms with Gasteiger partial charge in [-0.3, -0.25) is 0 Å². The summed E-state index contributed by atoms with van der Waals surface area (Å²) in [5.74, 6) is -0.169. The topological polar surface area (TPSA) is 21.3 Å². The van der Waals surface area contributed by atoms with Crippen molar-refractivity contribution in [1.82, 2.24) is 5.32 Å². The fourth-order valence-corrected chi connectivity index (χ4v) is 2.23. The van der Waals surface area contributed by atoms with E-state index in [2.05, 4.69) is 21.2 Å². The van der Waals surface area contributed by atoms with Gasteiger partial charge in [-0.2, -0.15) is 0 Å². The smallest absolute Gasteiger partial charge is 0.126 e. The van der Waals surface area contributed by atoms with Crippen molar-refractivity contribution in [3.63, 3.8) is 0 Å². The average Bonchev–Trinajstić information content (AvgIpc) is 2.30. The number of hydrogen-bond donors (Lipinski definition) is 1. The highest BCUT2D eigenvalue weighted by Gasteiger charge is 2.17. The van der Waals surface area contributed by atoms with Gasteiger partial charge < -0.3 is 10.1 Å². The Morgan fingerprint density at radius 1 is 1.47 bits per heavy atom. The Kier molecular flexibility index (Phi) is 6.09. The summed E-state index contributed by atoms with van der Waals surface area (Å²) in [5, 5.41) is 3.17. The summed E-state index contributed by atoms with van der Waals surface area (Å²) < 4.78 is 20.1. The van der Waals surface area contributed by atoms with Crippen LogP contribution in [0.1, 0.15) is 19.4 Å². The van der Waals surface area contributed by atoms with Gasteiger partial charge in [0, 0.05) is 17.1 Å². The van der Waals surface area contributed by atoms with E-state index in [-0.39, 0.29) is 18.0 Å². The van der Waals surface area contributed by atoms with Crippen LogP contribution >= 0.6 is 15.9 Å². The Morgan fingerprint density at radius 2 is 2.18 bits per heavy atom. The summed E-state index contributed by atoms with van der Waals surface area (Å²) in [7, 11) is 1.87. The Morgan fingerprint density at radius 3 is 2.76 bits per heavy atom. The van der Waals surface area contributed by atoms with E-state index < -0.39 is 0 Å². The summed E-state index contributed by atoms with van der Waals surface area (Å²) >= 11 is 3.36. The molecule has 1 rings (SSSR count). The summed E-state index contributed by atoms with van der Waals surface area (Å²) in [6, 6.07) is 5.12. The second-order valence-corrected chi connectivity index (χ2v) is 4.91. The first-order chi connectivity index (χ1) is 8.08. The molecule has 0 aliphatic carbocycles. The molecular formula is C13H19BrFNO. The first-order valence-electron chi connectivity index (χ1n) is 5.81. The highest BCUT2D eigenvalue weighted by atomic mass is 79.9. The number of rotatable bonds is 6. The van der Waals surface area contributed by atoms with Crippen molar-refractivity contribution < 1.29 is 9.13 Å². The molecule has 0 saturated heterocycles. The standard InChI is InChI=1S/C13H19BrFNO/c1-4-17-9(2)13(16-3)8-10-7-11(14)5-6-12(10)15/h5-7,9,13,16H,4,8H2,1-3H3. The van der Waals surface area contributed by atoms with Crippen LogP contribution in [0.4, 0.5) is 4.39 Å². The molecule has 1 aromatic rings. The van der Waals surface area contributed by atoms with E-state index in [1.165, 1.54) is 6.07 Å². The Hall–Kier alpha value is -0.450. The number of hydrogen-bond acceptors (Lipinski definition) is 2. The van der Waals surface area contributed by atoms with Gasteiger partial charge in [0.1, 0.15) is 5.82 Å². The molecule has 0 radical (unpaired) electrons. The normalized spacial score (nSPS) is 14.6. The maximum Gasteiger partial charge on any atom is 0.126 e. The summed E-state index contributed by atoms with van der Waals surface area (Å²) in [5.41, 5.74) is 0.699. The molecule has 0 amide bonds. The fourth-order valence-electron chi connectivity index (χ4n) is 1.82. The van der Waals surface area contributed by atoms with Crippen LogP contribution in [0, 0.1) is 5.82 Å². The van der Waals surface area contributed by atoms with E-state index in [9.17, 15) is 4.39 Å². The van der Waals surface area contributed by atoms with Gasteiger partial charge in [0.2, 0.25) is 0 Å². The zero-order valence-electron chi connectivity index (χ0n) is 10.5. The SMILES string of the molecule is CCOC(C)C(Cc1cc(Br)ccc1F)NC. The highest BCUT2D eigenvalue weighted by Crippen LogP contribution is 2.18. The lowest BCUT2D eigenvalue weighted by Gasteiger charge is -2.23. The van der Waals surface area contributed by atoms with Crippen LogP contribution in [0.25, 0.3) is 0 Å². The van der Waals surface area contributed by atoms with Crippen LogP contribution < -0.4 is 5.32 Å². The summed E-state index contributed by atoms with van der Waals surface area (Å²) in [4.78, 5) is 0. The molecule has 1 aromatic carbocycles. The van der Waals surface area contributed by atoms with Gasteiger partial charge in [-0.1, -0.05) is 15.9 Å². The molecule has 0 aromatic heterocycles. The Labute approximate surface area is 111 Å². The lowest BCUT2D eigenvalue weighted by molar-refractivity contribution is 0.0495. The lowest BCUT2D eigenvalue weighted by atomic mass is 10.0. The number of halogens is 2. The molecule has 2 atom stereocenters. The molecule has 2 nitrogen and oxygen atoms in total. The molecule has 0 spiro atoms. The first-order valence-corrected chi connectivity index (χ1v) is 6.60. The van der Waals surface area contributed by atoms with Crippen LogP contribution in [-0.2, 0) is 11.2 Å². The molecule has 2 unspecified atom stereocenters. The third-order valence-electron chi connectivity index (χ3n) is 2.81. The van der Waals surface area contributed by atoms with E-state index >= 15 is 0 Å². The molecule has 1 N–H and O–H groups in total. The second-order valence-electron chi connectivity index (χ2n) is 4.00. The molecule has 0 saturated carbocycles. The number of benzene rings is 1. The minimum Gasteiger partial charge on any atom is -0.377 e. The van der Waals surface area contributed by atoms with Crippen molar-refractivity contribution in [3.05, 3.63) is 34.1 Å². The average molecular weight is 304 g/mol. The molecular weight excluding hydrogens is 285 g/mol. The zero-order chi connectivity index (χ0) is 12.8. The van der Waals surface area contributed by atoms with E-state index in [0.717, 1.165) is 4.47 Å².